The van der Waals surface area contributed by atoms with Crippen molar-refractivity contribution in [2.45, 2.75) is 82.8 Å². The Morgan fingerprint density at radius 1 is 0.891 bits per heavy atom. The first-order valence-corrected chi connectivity index (χ1v) is 17.4. The van der Waals surface area contributed by atoms with Gasteiger partial charge in [0.2, 0.25) is 5.66 Å². The van der Waals surface area contributed by atoms with Gasteiger partial charge in [0.05, 0.1) is 22.8 Å². The van der Waals surface area contributed by atoms with Crippen molar-refractivity contribution in [3.05, 3.63) is 71.2 Å². The lowest BCUT2D eigenvalue weighted by molar-refractivity contribution is -0.274. The summed E-state index contributed by atoms with van der Waals surface area (Å²) >= 11 is 6.30. The van der Waals surface area contributed by atoms with Gasteiger partial charge in [-0.3, -0.25) is 4.90 Å². The van der Waals surface area contributed by atoms with Gasteiger partial charge in [0.25, 0.3) is 0 Å². The van der Waals surface area contributed by atoms with Crippen LogP contribution in [0, 0.1) is 23.8 Å². The zero-order valence-electron chi connectivity index (χ0n) is 26.3. The van der Waals surface area contributed by atoms with Gasteiger partial charge in [-0.2, -0.15) is 13.2 Å². The summed E-state index contributed by atoms with van der Waals surface area (Å²) in [6.45, 7) is 13.0. The van der Waals surface area contributed by atoms with Crippen molar-refractivity contribution in [1.82, 2.24) is 0 Å². The molecule has 0 saturated heterocycles. The number of hydrogen-bond acceptors (Lipinski definition) is 3. The van der Waals surface area contributed by atoms with Crippen molar-refractivity contribution in [1.29, 1.82) is 0 Å². The molecule has 244 valence electrons. The van der Waals surface area contributed by atoms with Gasteiger partial charge in [-0.15, -0.1) is 25.1 Å². The molecule has 0 bridgehead atoms. The van der Waals surface area contributed by atoms with Crippen LogP contribution in [-0.4, -0.2) is 26.3 Å². The highest BCUT2D eigenvalue weighted by molar-refractivity contribution is 6.90. The van der Waals surface area contributed by atoms with Crippen LogP contribution in [0.2, 0.25) is 21.6 Å². The number of anilines is 3. The summed E-state index contributed by atoms with van der Waals surface area (Å²) in [7, 11) is -2.31. The third kappa shape index (κ3) is 7.14. The van der Waals surface area contributed by atoms with Crippen molar-refractivity contribution in [2.24, 2.45) is 0 Å². The van der Waals surface area contributed by atoms with E-state index in [1.165, 1.54) is 24.3 Å². The predicted molar refractivity (Wildman–Crippen MR) is 176 cm³/mol. The van der Waals surface area contributed by atoms with Gasteiger partial charge in [-0.05, 0) is 75.5 Å². The van der Waals surface area contributed by atoms with Crippen LogP contribution >= 0.6 is 11.6 Å². The molecule has 1 heterocycles. The fourth-order valence-corrected chi connectivity index (χ4v) is 12.0. The lowest BCUT2D eigenvalue weighted by Gasteiger charge is -2.39. The Morgan fingerprint density at radius 3 is 2.07 bits per heavy atom. The largest absolute Gasteiger partial charge is 0.573 e. The Labute approximate surface area is 272 Å². The van der Waals surface area contributed by atoms with Crippen LogP contribution in [0.25, 0.3) is 11.1 Å². The molecule has 0 spiro atoms. The summed E-state index contributed by atoms with van der Waals surface area (Å²) in [5.41, 5.74) is 5.77. The van der Waals surface area contributed by atoms with E-state index in [4.69, 9.17) is 18.0 Å². The van der Waals surface area contributed by atoms with Crippen LogP contribution in [0.3, 0.4) is 0 Å². The molecular formula is C35H35ClF6N2OSi. The second-order valence-corrected chi connectivity index (χ2v) is 18.3. The van der Waals surface area contributed by atoms with Crippen LogP contribution in [-0.2, 0) is 6.42 Å². The first kappa shape index (κ1) is 35.1. The standard InChI is InChI=1S/C35H35ClF6N2OSi/c1-8-33(16-17-46(22(2)3,23(4)5)24(6)7)43-30-14-12-27(26-11-9-10-25(18-26)21-34(37,38)39)19-31(30)44(33)28-13-15-32(29(36)20-28)45-35(40,41)42/h1,9-15,18-20,22-24,43H,21H2,2-7H3. The van der Waals surface area contributed by atoms with Crippen molar-refractivity contribution in [3.8, 4) is 40.7 Å². The zero-order chi connectivity index (χ0) is 34.2. The number of hydrogen-bond donors (Lipinski definition) is 1. The van der Waals surface area contributed by atoms with Gasteiger partial charge in [-0.25, -0.2) is 0 Å². The van der Waals surface area contributed by atoms with E-state index in [1.807, 2.05) is 0 Å². The molecule has 1 aliphatic rings. The average Bonchev–Trinajstić information content (AvgIpc) is 3.26. The second-order valence-electron chi connectivity index (χ2n) is 12.3. The lowest BCUT2D eigenvalue weighted by Crippen LogP contribution is -2.48. The highest BCUT2D eigenvalue weighted by atomic mass is 35.5. The van der Waals surface area contributed by atoms with Crippen LogP contribution in [0.5, 0.6) is 5.75 Å². The van der Waals surface area contributed by atoms with Gasteiger partial charge in [0.1, 0.15) is 13.8 Å². The van der Waals surface area contributed by atoms with Gasteiger partial charge < -0.3 is 10.1 Å². The molecule has 46 heavy (non-hydrogen) atoms. The molecule has 1 N–H and O–H groups in total. The highest BCUT2D eigenvalue weighted by Gasteiger charge is 2.46. The first-order chi connectivity index (χ1) is 21.3. The number of ether oxygens (including phenoxy) is 1. The molecule has 3 aromatic rings. The SMILES string of the molecule is C#CC1(C#C[Si](C(C)C)(C(C)C)C(C)C)Nc2ccc(-c3cccc(CC(F)(F)F)c3)cc2N1c1ccc(OC(F)(F)F)c(Cl)c1. The lowest BCUT2D eigenvalue weighted by atomic mass is 10.0. The molecule has 1 aliphatic heterocycles. The third-order valence-electron chi connectivity index (χ3n) is 8.49. The average molecular weight is 677 g/mol. The smallest absolute Gasteiger partial charge is 0.404 e. The molecule has 0 saturated carbocycles. The first-order valence-electron chi connectivity index (χ1n) is 14.8. The summed E-state index contributed by atoms with van der Waals surface area (Å²) in [6, 6.07) is 15.3. The topological polar surface area (TPSA) is 24.5 Å². The third-order valence-corrected chi connectivity index (χ3v) is 15.1. The molecule has 3 nitrogen and oxygen atoms in total. The molecule has 11 heteroatoms. The number of rotatable bonds is 7. The van der Waals surface area contributed by atoms with Crippen LogP contribution in [0.15, 0.2) is 60.7 Å². The van der Waals surface area contributed by atoms with Gasteiger partial charge >= 0.3 is 12.5 Å². The van der Waals surface area contributed by atoms with Gasteiger partial charge in [0, 0.05) is 5.69 Å². The maximum absolute atomic E-state index is 13.2. The fraction of sp³-hybridized carbons (Fsp3) is 0.371. The Kier molecular flexibility index (Phi) is 9.78. The molecule has 3 aromatic carbocycles. The van der Waals surface area contributed by atoms with Crippen molar-refractivity contribution >= 4 is 36.7 Å². The minimum absolute atomic E-state index is 0.105. The highest BCUT2D eigenvalue weighted by Crippen LogP contribution is 2.49. The molecule has 0 amide bonds. The number of nitrogens with one attached hydrogen (secondary N) is 1. The predicted octanol–water partition coefficient (Wildman–Crippen LogP) is 11.1. The fourth-order valence-electron chi connectivity index (χ4n) is 6.55. The number of terminal acetylenes is 1. The maximum Gasteiger partial charge on any atom is 0.573 e. The van der Waals surface area contributed by atoms with Crippen LogP contribution in [0.1, 0.15) is 47.1 Å². The summed E-state index contributed by atoms with van der Waals surface area (Å²) in [5.74, 6) is 5.64. The summed E-state index contributed by atoms with van der Waals surface area (Å²) in [6.07, 6.45) is -4.14. The summed E-state index contributed by atoms with van der Waals surface area (Å²) in [5, 5.41) is 3.07. The van der Waals surface area contributed by atoms with E-state index in [9.17, 15) is 26.3 Å². The Balaban J connectivity index is 1.93. The Bertz CT molecular complexity index is 1680. The quantitative estimate of drug-likeness (QED) is 0.153. The maximum atomic E-state index is 13.2. The number of benzene rings is 3. The second kappa shape index (κ2) is 12.8. The van der Waals surface area contributed by atoms with E-state index < -0.39 is 38.4 Å². The minimum Gasteiger partial charge on any atom is -0.404 e. The monoisotopic (exact) mass is 676 g/mol. The molecular weight excluding hydrogens is 642 g/mol. The number of alkyl halides is 6. The number of nitrogens with zero attached hydrogens (tertiary/aromatic N) is 1. The number of halogens is 7. The summed E-state index contributed by atoms with van der Waals surface area (Å²) < 4.78 is 82.6. The molecule has 0 radical (unpaired) electrons. The molecule has 0 fully saturated rings. The van der Waals surface area contributed by atoms with Crippen molar-refractivity contribution < 1.29 is 31.1 Å². The molecule has 1 unspecified atom stereocenters. The van der Waals surface area contributed by atoms with Crippen LogP contribution in [0.4, 0.5) is 43.4 Å². The van der Waals surface area contributed by atoms with Crippen LogP contribution < -0.4 is 15.0 Å². The Morgan fingerprint density at radius 2 is 1.52 bits per heavy atom. The zero-order valence-corrected chi connectivity index (χ0v) is 28.0. The van der Waals surface area contributed by atoms with Gasteiger partial charge in [-0.1, -0.05) is 83.5 Å². The molecule has 4 rings (SSSR count). The molecule has 1 atom stereocenters. The molecule has 0 aromatic heterocycles. The van der Waals surface area contributed by atoms with E-state index in [0.717, 1.165) is 6.07 Å². The van der Waals surface area contributed by atoms with E-state index in [2.05, 4.69) is 69.0 Å². The van der Waals surface area contributed by atoms with Crippen molar-refractivity contribution in [2.75, 3.05) is 10.2 Å². The minimum atomic E-state index is -4.95. The Hall–Kier alpha value is -3.73. The van der Waals surface area contributed by atoms with Crippen molar-refractivity contribution in [3.63, 3.8) is 0 Å². The van der Waals surface area contributed by atoms with E-state index in [-0.39, 0.29) is 27.2 Å². The van der Waals surface area contributed by atoms with E-state index >= 15 is 0 Å². The normalized spacial score (nSPS) is 16.6. The van der Waals surface area contributed by atoms with E-state index in [1.54, 1.807) is 35.2 Å². The molecule has 0 aliphatic carbocycles. The summed E-state index contributed by atoms with van der Waals surface area (Å²) in [4.78, 5) is 1.70. The van der Waals surface area contributed by atoms with Gasteiger partial charge in [0.15, 0.2) is 0 Å². The number of fused-ring (bicyclic) bond motifs is 1. The van der Waals surface area contributed by atoms with E-state index in [0.29, 0.717) is 28.2 Å².